The Balaban J connectivity index is 2.64. The van der Waals surface area contributed by atoms with E-state index in [1.807, 2.05) is 6.92 Å². The maximum Gasteiger partial charge on any atom is 0.115 e. The van der Waals surface area contributed by atoms with Crippen LogP contribution in [0.2, 0.25) is 0 Å². The van der Waals surface area contributed by atoms with E-state index in [1.165, 1.54) is 0 Å². The minimum absolute atomic E-state index is 0.276. The Morgan fingerprint density at radius 2 is 2.09 bits per heavy atom. The Kier molecular flexibility index (Phi) is 3.07. The predicted octanol–water partition coefficient (Wildman–Crippen LogP) is 2.73. The van der Waals surface area contributed by atoms with Gasteiger partial charge in [0, 0.05) is 5.41 Å². The number of aliphatic hydroxyl groups is 1. The van der Waals surface area contributed by atoms with Gasteiger partial charge in [-0.2, -0.15) is 0 Å². The summed E-state index contributed by atoms with van der Waals surface area (Å²) in [7, 11) is 0. The van der Waals surface area contributed by atoms with Crippen molar-refractivity contribution in [3.05, 3.63) is 0 Å². The fourth-order valence-electron chi connectivity index (χ4n) is 1.59. The molecule has 1 saturated carbocycles. The van der Waals surface area contributed by atoms with Crippen LogP contribution in [0.25, 0.3) is 0 Å². The Morgan fingerprint density at radius 1 is 1.45 bits per heavy atom. The summed E-state index contributed by atoms with van der Waals surface area (Å²) in [6.07, 6.45) is 3.68. The van der Waals surface area contributed by atoms with Crippen LogP contribution in [-0.4, -0.2) is 16.0 Å². The van der Waals surface area contributed by atoms with Crippen molar-refractivity contribution in [1.29, 1.82) is 0 Å². The highest BCUT2D eigenvalue weighted by Gasteiger charge is 2.40. The van der Waals surface area contributed by atoms with Crippen LogP contribution in [0, 0.1) is 5.41 Å². The van der Waals surface area contributed by atoms with Crippen molar-refractivity contribution in [2.45, 2.75) is 43.5 Å². The highest BCUT2D eigenvalue weighted by atomic mass is 35.5. The molecule has 1 fully saturated rings. The number of halogens is 2. The minimum Gasteiger partial charge on any atom is -0.392 e. The van der Waals surface area contributed by atoms with Gasteiger partial charge in [-0.25, -0.2) is 0 Å². The molecule has 0 unspecified atom stereocenters. The average Bonchev–Trinajstić information content (AvgIpc) is 1.95. The van der Waals surface area contributed by atoms with Gasteiger partial charge in [-0.15, -0.1) is 23.2 Å². The third-order valence-electron chi connectivity index (χ3n) is 2.70. The van der Waals surface area contributed by atoms with Crippen LogP contribution < -0.4 is 0 Å². The molecular weight excluding hydrogens is 183 g/mol. The summed E-state index contributed by atoms with van der Waals surface area (Å²) in [5.74, 6) is 0. The summed E-state index contributed by atoms with van der Waals surface area (Å²) in [6.45, 7) is 1.96. The molecule has 0 bridgehead atoms. The fraction of sp³-hybridized carbons (Fsp3) is 1.00. The van der Waals surface area contributed by atoms with E-state index in [2.05, 4.69) is 0 Å². The van der Waals surface area contributed by atoms with Gasteiger partial charge in [-0.05, 0) is 12.8 Å². The quantitative estimate of drug-likeness (QED) is 0.640. The zero-order chi connectivity index (χ0) is 8.48. The summed E-state index contributed by atoms with van der Waals surface area (Å²) < 4.78 is 0. The number of rotatable bonds is 1. The standard InChI is InChI=1S/C8H14Cl2O/c1-8(7(9)10)5-3-2-4-6(8)11/h6-7,11H,2-5H2,1H3/t6-,8+/m0/s1. The second-order valence-corrected chi connectivity index (χ2v) is 4.66. The van der Waals surface area contributed by atoms with Crippen molar-refractivity contribution >= 4 is 23.2 Å². The number of alkyl halides is 2. The van der Waals surface area contributed by atoms with Crippen LogP contribution in [0.5, 0.6) is 0 Å². The first-order valence-corrected chi connectivity index (χ1v) is 4.91. The normalized spacial score (nSPS) is 39.5. The lowest BCUT2D eigenvalue weighted by Gasteiger charge is -2.39. The number of hydrogen-bond donors (Lipinski definition) is 1. The molecule has 0 aromatic heterocycles. The van der Waals surface area contributed by atoms with Crippen LogP contribution in [0.15, 0.2) is 0 Å². The van der Waals surface area contributed by atoms with E-state index in [0.717, 1.165) is 25.7 Å². The van der Waals surface area contributed by atoms with E-state index in [0.29, 0.717) is 0 Å². The molecule has 1 rings (SSSR count). The average molecular weight is 197 g/mol. The van der Waals surface area contributed by atoms with Crippen LogP contribution >= 0.6 is 23.2 Å². The lowest BCUT2D eigenvalue weighted by Crippen LogP contribution is -2.40. The van der Waals surface area contributed by atoms with Gasteiger partial charge in [0.25, 0.3) is 0 Å². The monoisotopic (exact) mass is 196 g/mol. The van der Waals surface area contributed by atoms with Gasteiger partial charge in [0.1, 0.15) is 4.84 Å². The third kappa shape index (κ3) is 1.82. The largest absolute Gasteiger partial charge is 0.392 e. The van der Waals surface area contributed by atoms with Crippen LogP contribution in [0.1, 0.15) is 32.6 Å². The Bertz CT molecular complexity index is 138. The predicted molar refractivity (Wildman–Crippen MR) is 48.1 cm³/mol. The lowest BCUT2D eigenvalue weighted by molar-refractivity contribution is 0.00977. The van der Waals surface area contributed by atoms with Gasteiger partial charge in [0.05, 0.1) is 6.10 Å². The highest BCUT2D eigenvalue weighted by Crippen LogP contribution is 2.42. The van der Waals surface area contributed by atoms with E-state index >= 15 is 0 Å². The van der Waals surface area contributed by atoms with Crippen LogP contribution in [0.3, 0.4) is 0 Å². The maximum absolute atomic E-state index is 9.63. The Hall–Kier alpha value is 0.540. The zero-order valence-electron chi connectivity index (χ0n) is 6.69. The van der Waals surface area contributed by atoms with Gasteiger partial charge < -0.3 is 5.11 Å². The first kappa shape index (κ1) is 9.63. The van der Waals surface area contributed by atoms with Gasteiger partial charge >= 0.3 is 0 Å². The second kappa shape index (κ2) is 3.51. The molecule has 0 heterocycles. The van der Waals surface area contributed by atoms with Crippen molar-refractivity contribution in [1.82, 2.24) is 0 Å². The van der Waals surface area contributed by atoms with Crippen molar-refractivity contribution < 1.29 is 5.11 Å². The smallest absolute Gasteiger partial charge is 0.115 e. The Labute approximate surface area is 77.7 Å². The minimum atomic E-state index is -0.446. The third-order valence-corrected chi connectivity index (χ3v) is 3.70. The molecule has 0 spiro atoms. The molecule has 1 aliphatic carbocycles. The molecule has 11 heavy (non-hydrogen) atoms. The molecule has 0 saturated heterocycles. The summed E-state index contributed by atoms with van der Waals surface area (Å²) in [5, 5.41) is 9.63. The molecule has 0 aromatic rings. The molecule has 66 valence electrons. The highest BCUT2D eigenvalue weighted by molar-refractivity contribution is 6.44. The van der Waals surface area contributed by atoms with E-state index < -0.39 is 4.84 Å². The lowest BCUT2D eigenvalue weighted by atomic mass is 9.75. The molecule has 0 aliphatic heterocycles. The van der Waals surface area contributed by atoms with E-state index in [4.69, 9.17) is 23.2 Å². The van der Waals surface area contributed by atoms with Gasteiger partial charge in [-0.3, -0.25) is 0 Å². The fourth-order valence-corrected chi connectivity index (χ4v) is 2.10. The molecule has 1 aliphatic rings. The van der Waals surface area contributed by atoms with Crippen LogP contribution in [-0.2, 0) is 0 Å². The molecule has 0 radical (unpaired) electrons. The van der Waals surface area contributed by atoms with E-state index in [9.17, 15) is 5.11 Å². The maximum atomic E-state index is 9.63. The number of aliphatic hydroxyl groups excluding tert-OH is 1. The van der Waals surface area contributed by atoms with Crippen molar-refractivity contribution in [2.75, 3.05) is 0 Å². The van der Waals surface area contributed by atoms with E-state index in [-0.39, 0.29) is 11.5 Å². The molecule has 2 atom stereocenters. The first-order valence-electron chi connectivity index (χ1n) is 4.03. The number of hydrogen-bond acceptors (Lipinski definition) is 1. The van der Waals surface area contributed by atoms with Gasteiger partial charge in [0.15, 0.2) is 0 Å². The second-order valence-electron chi connectivity index (χ2n) is 3.57. The zero-order valence-corrected chi connectivity index (χ0v) is 8.20. The molecular formula is C8H14Cl2O. The summed E-state index contributed by atoms with van der Waals surface area (Å²) in [6, 6.07) is 0. The van der Waals surface area contributed by atoms with Crippen molar-refractivity contribution in [3.63, 3.8) is 0 Å². The topological polar surface area (TPSA) is 20.2 Å². The van der Waals surface area contributed by atoms with E-state index in [1.54, 1.807) is 0 Å². The molecule has 0 aromatic carbocycles. The summed E-state index contributed by atoms with van der Waals surface area (Å²) >= 11 is 11.6. The molecule has 3 heteroatoms. The van der Waals surface area contributed by atoms with Crippen molar-refractivity contribution in [3.8, 4) is 0 Å². The first-order chi connectivity index (χ1) is 5.07. The van der Waals surface area contributed by atoms with Gasteiger partial charge in [-0.1, -0.05) is 19.8 Å². The van der Waals surface area contributed by atoms with Crippen molar-refractivity contribution in [2.24, 2.45) is 5.41 Å². The Morgan fingerprint density at radius 3 is 2.45 bits per heavy atom. The van der Waals surface area contributed by atoms with Crippen LogP contribution in [0.4, 0.5) is 0 Å². The molecule has 1 nitrogen and oxygen atoms in total. The SMILES string of the molecule is C[C@@]1(C(Cl)Cl)CCCC[C@@H]1O. The molecule has 1 N–H and O–H groups in total. The summed E-state index contributed by atoms with van der Waals surface area (Å²) in [5.41, 5.74) is -0.276. The molecule has 0 amide bonds. The summed E-state index contributed by atoms with van der Waals surface area (Å²) in [4.78, 5) is -0.446. The van der Waals surface area contributed by atoms with Gasteiger partial charge in [0.2, 0.25) is 0 Å².